The van der Waals surface area contributed by atoms with Crippen LogP contribution in [-0.2, 0) is 11.3 Å². The number of hydrogen-bond acceptors (Lipinski definition) is 4. The Morgan fingerprint density at radius 3 is 3.17 bits per heavy atom. The molecule has 0 radical (unpaired) electrons. The van der Waals surface area contributed by atoms with E-state index in [1.165, 1.54) is 0 Å². The molecule has 1 fully saturated rings. The Bertz CT molecular complexity index is 413. The van der Waals surface area contributed by atoms with Crippen molar-refractivity contribution in [3.05, 3.63) is 34.7 Å². The lowest BCUT2D eigenvalue weighted by Crippen LogP contribution is -2.45. The predicted octanol–water partition coefficient (Wildman–Crippen LogP) is -0.231. The maximum atomic E-state index is 11.5. The van der Waals surface area contributed by atoms with Gasteiger partial charge in [-0.25, -0.2) is 0 Å². The first kappa shape index (κ1) is 13.3. The fourth-order valence-electron chi connectivity index (χ4n) is 2.10. The molecule has 100 valence electrons. The molecule has 1 aromatic rings. The second kappa shape index (κ2) is 6.68. The van der Waals surface area contributed by atoms with E-state index < -0.39 is 0 Å². The van der Waals surface area contributed by atoms with Crippen LogP contribution in [0, 0.1) is 0 Å². The van der Waals surface area contributed by atoms with Gasteiger partial charge in [0.2, 0.25) is 0 Å². The fraction of sp³-hybridized carbons (Fsp3) is 0.615. The molecule has 1 atom stereocenters. The van der Waals surface area contributed by atoms with Crippen molar-refractivity contribution in [2.24, 2.45) is 0 Å². The topological polar surface area (TPSA) is 46.5 Å². The minimum absolute atomic E-state index is 0.0569. The summed E-state index contributed by atoms with van der Waals surface area (Å²) in [6, 6.07) is 5.24. The number of likely N-dealkylation sites (N-methyl/N-ethyl adjacent to an activating group) is 1. The second-order valence-electron chi connectivity index (χ2n) is 4.69. The molecular weight excluding hydrogens is 230 g/mol. The SMILES string of the molecule is CN(CCn1ccccc1=O)CC1CNCCO1. The number of hydrogen-bond donors (Lipinski definition) is 1. The van der Waals surface area contributed by atoms with Crippen LogP contribution in [-0.4, -0.2) is 55.4 Å². The molecule has 0 amide bonds. The highest BCUT2D eigenvalue weighted by molar-refractivity contribution is 4.93. The van der Waals surface area contributed by atoms with Gasteiger partial charge in [0.05, 0.1) is 12.7 Å². The lowest BCUT2D eigenvalue weighted by Gasteiger charge is -2.28. The van der Waals surface area contributed by atoms with E-state index in [2.05, 4.69) is 17.3 Å². The van der Waals surface area contributed by atoms with Crippen molar-refractivity contribution in [1.29, 1.82) is 0 Å². The quantitative estimate of drug-likeness (QED) is 0.785. The molecule has 5 heteroatoms. The summed E-state index contributed by atoms with van der Waals surface area (Å²) in [7, 11) is 2.06. The molecule has 1 saturated heterocycles. The molecule has 1 aromatic heterocycles. The highest BCUT2D eigenvalue weighted by Gasteiger charge is 2.15. The summed E-state index contributed by atoms with van der Waals surface area (Å²) < 4.78 is 7.38. The maximum Gasteiger partial charge on any atom is 0.250 e. The summed E-state index contributed by atoms with van der Waals surface area (Å²) in [6.45, 7) is 5.11. The van der Waals surface area contributed by atoms with Crippen LogP contribution >= 0.6 is 0 Å². The van der Waals surface area contributed by atoms with Crippen LogP contribution in [0.5, 0.6) is 0 Å². The Kier molecular flexibility index (Phi) is 4.92. The molecule has 0 saturated carbocycles. The van der Waals surface area contributed by atoms with Crippen LogP contribution < -0.4 is 10.9 Å². The molecule has 1 aliphatic rings. The minimum Gasteiger partial charge on any atom is -0.374 e. The zero-order chi connectivity index (χ0) is 12.8. The maximum absolute atomic E-state index is 11.5. The summed E-state index contributed by atoms with van der Waals surface area (Å²) >= 11 is 0. The molecule has 0 spiro atoms. The van der Waals surface area contributed by atoms with E-state index in [1.807, 2.05) is 12.3 Å². The fourth-order valence-corrected chi connectivity index (χ4v) is 2.10. The smallest absolute Gasteiger partial charge is 0.250 e. The van der Waals surface area contributed by atoms with Gasteiger partial charge in [-0.15, -0.1) is 0 Å². The molecule has 18 heavy (non-hydrogen) atoms. The average Bonchev–Trinajstić information content (AvgIpc) is 2.39. The predicted molar refractivity (Wildman–Crippen MR) is 70.8 cm³/mol. The zero-order valence-electron chi connectivity index (χ0n) is 10.8. The van der Waals surface area contributed by atoms with Gasteiger partial charge in [-0.2, -0.15) is 0 Å². The van der Waals surface area contributed by atoms with E-state index in [0.29, 0.717) is 0 Å². The van der Waals surface area contributed by atoms with Gasteiger partial charge < -0.3 is 19.5 Å². The lowest BCUT2D eigenvalue weighted by atomic mass is 10.3. The summed E-state index contributed by atoms with van der Waals surface area (Å²) in [6.07, 6.45) is 2.09. The molecular formula is C13H21N3O2. The number of pyridine rings is 1. The molecule has 1 N–H and O–H groups in total. The molecule has 5 nitrogen and oxygen atoms in total. The van der Waals surface area contributed by atoms with Crippen LogP contribution in [0.15, 0.2) is 29.2 Å². The number of rotatable bonds is 5. The van der Waals surface area contributed by atoms with Gasteiger partial charge >= 0.3 is 0 Å². The van der Waals surface area contributed by atoms with E-state index >= 15 is 0 Å². The van der Waals surface area contributed by atoms with Crippen LogP contribution in [0.25, 0.3) is 0 Å². The second-order valence-corrected chi connectivity index (χ2v) is 4.69. The van der Waals surface area contributed by atoms with Crippen LogP contribution in [0.2, 0.25) is 0 Å². The van der Waals surface area contributed by atoms with E-state index in [4.69, 9.17) is 4.74 Å². The summed E-state index contributed by atoms with van der Waals surface area (Å²) in [5, 5.41) is 3.32. The Morgan fingerprint density at radius 2 is 2.44 bits per heavy atom. The van der Waals surface area contributed by atoms with Crippen molar-refractivity contribution in [2.75, 3.05) is 39.8 Å². The normalized spacial score (nSPS) is 20.2. The first-order chi connectivity index (χ1) is 8.75. The number of aromatic nitrogens is 1. The Labute approximate surface area is 107 Å². The van der Waals surface area contributed by atoms with Crippen molar-refractivity contribution >= 4 is 0 Å². The minimum atomic E-state index is 0.0569. The van der Waals surface area contributed by atoms with Gasteiger partial charge in [0.1, 0.15) is 0 Å². The van der Waals surface area contributed by atoms with Crippen molar-refractivity contribution in [3.8, 4) is 0 Å². The van der Waals surface area contributed by atoms with E-state index in [1.54, 1.807) is 16.7 Å². The summed E-state index contributed by atoms with van der Waals surface area (Å²) in [5.41, 5.74) is 0.0569. The van der Waals surface area contributed by atoms with Gasteiger partial charge in [0.15, 0.2) is 0 Å². The van der Waals surface area contributed by atoms with E-state index in [-0.39, 0.29) is 11.7 Å². The van der Waals surface area contributed by atoms with Gasteiger partial charge in [-0.1, -0.05) is 6.07 Å². The molecule has 2 rings (SSSR count). The third-order valence-electron chi connectivity index (χ3n) is 3.14. The first-order valence-electron chi connectivity index (χ1n) is 6.42. The number of ether oxygens (including phenoxy) is 1. The van der Waals surface area contributed by atoms with Crippen LogP contribution in [0.1, 0.15) is 0 Å². The molecule has 1 unspecified atom stereocenters. The van der Waals surface area contributed by atoms with E-state index in [9.17, 15) is 4.79 Å². The molecule has 0 aromatic carbocycles. The lowest BCUT2D eigenvalue weighted by molar-refractivity contribution is 0.00961. The number of nitrogens with one attached hydrogen (secondary N) is 1. The molecule has 0 bridgehead atoms. The third kappa shape index (κ3) is 3.94. The van der Waals surface area contributed by atoms with E-state index in [0.717, 1.165) is 39.3 Å². The monoisotopic (exact) mass is 251 g/mol. The van der Waals surface area contributed by atoms with Crippen LogP contribution in [0.3, 0.4) is 0 Å². The molecule has 0 aliphatic carbocycles. The van der Waals surface area contributed by atoms with Crippen LogP contribution in [0.4, 0.5) is 0 Å². The van der Waals surface area contributed by atoms with Crippen molar-refractivity contribution in [2.45, 2.75) is 12.6 Å². The first-order valence-corrected chi connectivity index (χ1v) is 6.42. The van der Waals surface area contributed by atoms with Crippen molar-refractivity contribution in [1.82, 2.24) is 14.8 Å². The Hall–Kier alpha value is -1.17. The zero-order valence-corrected chi connectivity index (χ0v) is 10.8. The molecule has 1 aliphatic heterocycles. The van der Waals surface area contributed by atoms with Crippen molar-refractivity contribution in [3.63, 3.8) is 0 Å². The van der Waals surface area contributed by atoms with Gasteiger partial charge in [-0.3, -0.25) is 4.79 Å². The number of nitrogens with zero attached hydrogens (tertiary/aromatic N) is 2. The molecule has 2 heterocycles. The standard InChI is InChI=1S/C13H21N3O2/c1-15(11-12-10-14-5-9-18-12)7-8-16-6-3-2-4-13(16)17/h2-4,6,12,14H,5,7-11H2,1H3. The Morgan fingerprint density at radius 1 is 1.56 bits per heavy atom. The van der Waals surface area contributed by atoms with Gasteiger partial charge in [-0.05, 0) is 13.1 Å². The highest BCUT2D eigenvalue weighted by Crippen LogP contribution is 1.98. The highest BCUT2D eigenvalue weighted by atomic mass is 16.5. The average molecular weight is 251 g/mol. The number of morpholine rings is 1. The summed E-state index contributed by atoms with van der Waals surface area (Å²) in [4.78, 5) is 13.7. The van der Waals surface area contributed by atoms with Gasteiger partial charge in [0, 0.05) is 45.0 Å². The van der Waals surface area contributed by atoms with Gasteiger partial charge in [0.25, 0.3) is 5.56 Å². The van der Waals surface area contributed by atoms with Crippen molar-refractivity contribution < 1.29 is 4.74 Å². The summed E-state index contributed by atoms with van der Waals surface area (Å²) in [5.74, 6) is 0. The third-order valence-corrected chi connectivity index (χ3v) is 3.14. The largest absolute Gasteiger partial charge is 0.374 e. The Balaban J connectivity index is 1.76.